The molecule has 0 bridgehead atoms. The summed E-state index contributed by atoms with van der Waals surface area (Å²) in [5, 5.41) is 8.53. The van der Waals surface area contributed by atoms with Crippen LogP contribution in [0.15, 0.2) is 24.3 Å². The number of hydrogen-bond acceptors (Lipinski definition) is 4. The third-order valence-corrected chi connectivity index (χ3v) is 3.28. The van der Waals surface area contributed by atoms with Crippen molar-refractivity contribution in [2.45, 2.75) is 12.8 Å². The van der Waals surface area contributed by atoms with Crippen molar-refractivity contribution in [1.82, 2.24) is 0 Å². The molecule has 0 saturated heterocycles. The first kappa shape index (κ1) is 15.6. The van der Waals surface area contributed by atoms with Crippen LogP contribution in [0.1, 0.15) is 6.42 Å². The summed E-state index contributed by atoms with van der Waals surface area (Å²) < 4.78 is 64.7. The van der Waals surface area contributed by atoms with Crippen molar-refractivity contribution in [2.24, 2.45) is 0 Å². The van der Waals surface area contributed by atoms with Crippen molar-refractivity contribution in [3.63, 3.8) is 0 Å². The molecule has 0 aliphatic rings. The van der Waals surface area contributed by atoms with Crippen LogP contribution < -0.4 is 9.46 Å². The molecule has 5 nitrogen and oxygen atoms in total. The molecule has 0 aromatic heterocycles. The minimum Gasteiger partial charge on any atom is -0.406 e. The Balaban J connectivity index is 2.77. The number of anilines is 1. The van der Waals surface area contributed by atoms with E-state index in [0.717, 1.165) is 12.1 Å². The van der Waals surface area contributed by atoms with Crippen LogP contribution in [0.2, 0.25) is 0 Å². The molecule has 1 aromatic carbocycles. The number of sulfonamides is 1. The maximum absolute atomic E-state index is 12.0. The molecular weight excluding hydrogens is 287 g/mol. The molecule has 0 radical (unpaired) electrons. The van der Waals surface area contributed by atoms with Crippen LogP contribution in [-0.4, -0.2) is 32.2 Å². The van der Waals surface area contributed by atoms with Gasteiger partial charge in [-0.05, 0) is 18.6 Å². The summed E-state index contributed by atoms with van der Waals surface area (Å²) in [7, 11) is -3.70. The van der Waals surface area contributed by atoms with Crippen LogP contribution in [0.4, 0.5) is 18.9 Å². The van der Waals surface area contributed by atoms with Crippen LogP contribution in [0.3, 0.4) is 0 Å². The normalized spacial score (nSPS) is 12.2. The van der Waals surface area contributed by atoms with Crippen LogP contribution in [0.5, 0.6) is 5.75 Å². The van der Waals surface area contributed by atoms with Gasteiger partial charge >= 0.3 is 6.36 Å². The van der Waals surface area contributed by atoms with Crippen LogP contribution >= 0.6 is 0 Å². The predicted molar refractivity (Wildman–Crippen MR) is 62.2 cm³/mol. The number of rotatable bonds is 6. The summed E-state index contributed by atoms with van der Waals surface area (Å²) in [5.74, 6) is -0.844. The van der Waals surface area contributed by atoms with Gasteiger partial charge < -0.3 is 9.84 Å². The number of benzene rings is 1. The van der Waals surface area contributed by atoms with Gasteiger partial charge in [0.25, 0.3) is 0 Å². The van der Waals surface area contributed by atoms with Gasteiger partial charge in [-0.25, -0.2) is 8.42 Å². The van der Waals surface area contributed by atoms with Crippen molar-refractivity contribution < 1.29 is 31.4 Å². The zero-order chi connectivity index (χ0) is 14.5. The molecule has 19 heavy (non-hydrogen) atoms. The summed E-state index contributed by atoms with van der Waals surface area (Å²) in [6.45, 7) is -0.294. The monoisotopic (exact) mass is 299 g/mol. The second-order valence-corrected chi connectivity index (χ2v) is 5.42. The molecule has 0 heterocycles. The Morgan fingerprint density at radius 3 is 2.58 bits per heavy atom. The minimum atomic E-state index is -4.84. The van der Waals surface area contributed by atoms with E-state index in [2.05, 4.69) is 9.46 Å². The van der Waals surface area contributed by atoms with Crippen molar-refractivity contribution in [1.29, 1.82) is 0 Å². The second-order valence-electron chi connectivity index (χ2n) is 3.57. The Morgan fingerprint density at radius 2 is 2.00 bits per heavy atom. The lowest BCUT2D eigenvalue weighted by Gasteiger charge is -2.11. The molecule has 1 rings (SSSR count). The molecule has 108 valence electrons. The van der Waals surface area contributed by atoms with Crippen molar-refractivity contribution in [3.05, 3.63) is 24.3 Å². The standard InChI is InChI=1S/C10H12F3NO4S/c11-10(12,13)18-9-4-1-3-8(7-9)14-19(16,17)6-2-5-15/h1,3-4,7,14-15H,2,5-6H2. The third kappa shape index (κ3) is 6.30. The van der Waals surface area contributed by atoms with Crippen molar-refractivity contribution in [2.75, 3.05) is 17.1 Å². The quantitative estimate of drug-likeness (QED) is 0.838. The molecule has 0 aliphatic heterocycles. The number of aliphatic hydroxyl groups excluding tert-OH is 1. The second kappa shape index (κ2) is 6.11. The number of alkyl halides is 3. The molecule has 0 saturated carbocycles. The smallest absolute Gasteiger partial charge is 0.406 e. The number of hydrogen-bond donors (Lipinski definition) is 2. The maximum Gasteiger partial charge on any atom is 0.573 e. The lowest BCUT2D eigenvalue weighted by Crippen LogP contribution is -2.19. The average Bonchev–Trinajstić information content (AvgIpc) is 2.24. The fourth-order valence-corrected chi connectivity index (χ4v) is 2.34. The topological polar surface area (TPSA) is 75.6 Å². The summed E-state index contributed by atoms with van der Waals surface area (Å²) in [6, 6.07) is 4.49. The van der Waals surface area contributed by atoms with Crippen molar-refractivity contribution in [3.8, 4) is 5.75 Å². The van der Waals surface area contributed by atoms with Crippen LogP contribution in [0.25, 0.3) is 0 Å². The molecule has 1 aromatic rings. The largest absolute Gasteiger partial charge is 0.573 e. The highest BCUT2D eigenvalue weighted by molar-refractivity contribution is 7.92. The van der Waals surface area contributed by atoms with Crippen molar-refractivity contribution >= 4 is 15.7 Å². The van der Waals surface area contributed by atoms with E-state index in [4.69, 9.17) is 5.11 Å². The van der Waals surface area contributed by atoms with E-state index < -0.39 is 22.1 Å². The molecule has 0 aliphatic carbocycles. The highest BCUT2D eigenvalue weighted by Crippen LogP contribution is 2.25. The van der Waals surface area contributed by atoms with E-state index >= 15 is 0 Å². The molecule has 9 heteroatoms. The first-order chi connectivity index (χ1) is 8.72. The molecule has 2 N–H and O–H groups in total. The number of nitrogens with one attached hydrogen (secondary N) is 1. The number of halogens is 3. The summed E-state index contributed by atoms with van der Waals surface area (Å²) in [6.07, 6.45) is -4.80. The van der Waals surface area contributed by atoms with E-state index in [0.29, 0.717) is 0 Å². The van der Waals surface area contributed by atoms with Gasteiger partial charge in [-0.1, -0.05) is 6.07 Å². The Kier molecular flexibility index (Phi) is 5.01. The highest BCUT2D eigenvalue weighted by atomic mass is 32.2. The average molecular weight is 299 g/mol. The first-order valence-corrected chi connectivity index (χ1v) is 6.84. The van der Waals surface area contributed by atoms with Gasteiger partial charge in [-0.3, -0.25) is 4.72 Å². The van der Waals surface area contributed by atoms with E-state index in [1.54, 1.807) is 0 Å². The lowest BCUT2D eigenvalue weighted by molar-refractivity contribution is -0.274. The SMILES string of the molecule is O=S(=O)(CCCO)Nc1cccc(OC(F)(F)F)c1. The zero-order valence-corrected chi connectivity index (χ0v) is 10.5. The summed E-state index contributed by atoms with van der Waals surface area (Å²) in [5.41, 5.74) is -0.0420. The van der Waals surface area contributed by atoms with Crippen LogP contribution in [-0.2, 0) is 10.0 Å². The number of aliphatic hydroxyl groups is 1. The fraction of sp³-hybridized carbons (Fsp3) is 0.400. The predicted octanol–water partition coefficient (Wildman–Crippen LogP) is 1.71. The summed E-state index contributed by atoms with van der Waals surface area (Å²) >= 11 is 0. The van der Waals surface area contributed by atoms with E-state index in [1.807, 2.05) is 0 Å². The minimum absolute atomic E-state index is 0.0358. The molecule has 0 amide bonds. The summed E-state index contributed by atoms with van der Waals surface area (Å²) in [4.78, 5) is 0. The first-order valence-electron chi connectivity index (χ1n) is 5.19. The van der Waals surface area contributed by atoms with E-state index in [9.17, 15) is 21.6 Å². The number of ether oxygens (including phenoxy) is 1. The van der Waals surface area contributed by atoms with Gasteiger partial charge in [-0.2, -0.15) is 0 Å². The van der Waals surface area contributed by atoms with Gasteiger partial charge in [0.15, 0.2) is 0 Å². The van der Waals surface area contributed by atoms with Gasteiger partial charge in [0.05, 0.1) is 11.4 Å². The molecule has 0 unspecified atom stereocenters. The van der Waals surface area contributed by atoms with Gasteiger partial charge in [-0.15, -0.1) is 13.2 Å². The van der Waals surface area contributed by atoms with Gasteiger partial charge in [0.1, 0.15) is 5.75 Å². The van der Waals surface area contributed by atoms with E-state index in [1.165, 1.54) is 12.1 Å². The maximum atomic E-state index is 12.0. The van der Waals surface area contributed by atoms with Gasteiger partial charge in [0.2, 0.25) is 10.0 Å². The lowest BCUT2D eigenvalue weighted by atomic mass is 10.3. The molecule has 0 fully saturated rings. The van der Waals surface area contributed by atoms with Crippen LogP contribution in [0, 0.1) is 0 Å². The highest BCUT2D eigenvalue weighted by Gasteiger charge is 2.31. The Labute approximate surface area is 108 Å². The molecule has 0 spiro atoms. The Morgan fingerprint density at radius 1 is 1.32 bits per heavy atom. The zero-order valence-electron chi connectivity index (χ0n) is 9.64. The molecular formula is C10H12F3NO4S. The van der Waals surface area contributed by atoms with Gasteiger partial charge in [0, 0.05) is 12.7 Å². The Hall–Kier alpha value is -1.48. The van der Waals surface area contributed by atoms with E-state index in [-0.39, 0.29) is 24.5 Å². The Bertz CT molecular complexity index is 516. The fourth-order valence-electron chi connectivity index (χ4n) is 1.24. The molecule has 0 atom stereocenters. The third-order valence-electron chi connectivity index (χ3n) is 1.91.